The van der Waals surface area contributed by atoms with Gasteiger partial charge in [-0.05, 0) is 33.2 Å². The molecule has 0 saturated carbocycles. The van der Waals surface area contributed by atoms with Crippen molar-refractivity contribution >= 4 is 15.9 Å². The van der Waals surface area contributed by atoms with E-state index in [1.165, 1.54) is 12.8 Å². The lowest BCUT2D eigenvalue weighted by molar-refractivity contribution is 0.406. The lowest BCUT2D eigenvalue weighted by Gasteiger charge is -2.12. The topological polar surface area (TPSA) is 34.1 Å². The zero-order chi connectivity index (χ0) is 12.7. The fourth-order valence-electron chi connectivity index (χ4n) is 1.80. The molecular weight excluding hydrogens is 280 g/mol. The van der Waals surface area contributed by atoms with Crippen LogP contribution in [-0.2, 0) is 6.54 Å². The predicted octanol–water partition coefficient (Wildman–Crippen LogP) is 2.97. The monoisotopic (exact) mass is 300 g/mol. The van der Waals surface area contributed by atoms with Crippen LogP contribution in [0.4, 0.5) is 0 Å². The normalized spacial score (nSPS) is 10.6. The van der Waals surface area contributed by atoms with E-state index in [1.54, 1.807) is 7.11 Å². The summed E-state index contributed by atoms with van der Waals surface area (Å²) >= 11 is 3.43. The van der Waals surface area contributed by atoms with Crippen molar-refractivity contribution in [3.63, 3.8) is 0 Å². The number of nitrogens with one attached hydrogen (secondary N) is 1. The molecule has 0 fully saturated rings. The van der Waals surface area contributed by atoms with Crippen LogP contribution in [0.2, 0.25) is 0 Å². The molecule has 0 aliphatic heterocycles. The lowest BCUT2D eigenvalue weighted by Crippen LogP contribution is -2.17. The van der Waals surface area contributed by atoms with Crippen molar-refractivity contribution in [1.29, 1.82) is 0 Å². The van der Waals surface area contributed by atoms with Gasteiger partial charge in [0.15, 0.2) is 0 Å². The highest BCUT2D eigenvalue weighted by Crippen LogP contribution is 2.23. The van der Waals surface area contributed by atoms with Gasteiger partial charge in [-0.25, -0.2) is 0 Å². The molecule has 0 aliphatic rings. The SMILES string of the molecule is COc1c(C)cnc(CNCCCCBr)c1C. The van der Waals surface area contributed by atoms with Crippen molar-refractivity contribution in [2.45, 2.75) is 33.2 Å². The number of hydrogen-bond acceptors (Lipinski definition) is 3. The van der Waals surface area contributed by atoms with Gasteiger partial charge in [0.05, 0.1) is 12.8 Å². The van der Waals surface area contributed by atoms with Crippen LogP contribution >= 0.6 is 15.9 Å². The summed E-state index contributed by atoms with van der Waals surface area (Å²) in [4.78, 5) is 4.45. The second kappa shape index (κ2) is 7.67. The van der Waals surface area contributed by atoms with Crippen LogP contribution in [0.3, 0.4) is 0 Å². The lowest BCUT2D eigenvalue weighted by atomic mass is 10.1. The second-order valence-corrected chi connectivity index (χ2v) is 4.91. The van der Waals surface area contributed by atoms with E-state index in [2.05, 4.69) is 33.2 Å². The third kappa shape index (κ3) is 4.28. The average molecular weight is 301 g/mol. The smallest absolute Gasteiger partial charge is 0.128 e. The number of aromatic nitrogens is 1. The van der Waals surface area contributed by atoms with Crippen LogP contribution in [0.15, 0.2) is 6.20 Å². The molecule has 4 heteroatoms. The fraction of sp³-hybridized carbons (Fsp3) is 0.615. The minimum Gasteiger partial charge on any atom is -0.496 e. The Morgan fingerprint density at radius 1 is 1.35 bits per heavy atom. The van der Waals surface area contributed by atoms with Crippen molar-refractivity contribution in [2.24, 2.45) is 0 Å². The zero-order valence-electron chi connectivity index (χ0n) is 10.8. The molecular formula is C13H21BrN2O. The van der Waals surface area contributed by atoms with Crippen molar-refractivity contribution < 1.29 is 4.74 Å². The van der Waals surface area contributed by atoms with Gasteiger partial charge in [-0.1, -0.05) is 15.9 Å². The molecule has 0 unspecified atom stereocenters. The number of halogens is 1. The first-order chi connectivity index (χ1) is 8.20. The summed E-state index contributed by atoms with van der Waals surface area (Å²) in [5.74, 6) is 0.956. The standard InChI is InChI=1S/C13H21BrN2O/c1-10-8-16-12(11(2)13(10)17-3)9-15-7-5-4-6-14/h8,15H,4-7,9H2,1-3H3. The summed E-state index contributed by atoms with van der Waals surface area (Å²) < 4.78 is 5.39. The minimum atomic E-state index is 0.810. The van der Waals surface area contributed by atoms with Gasteiger partial charge in [0.25, 0.3) is 0 Å². The molecule has 0 aliphatic carbocycles. The molecule has 0 bridgehead atoms. The Hall–Kier alpha value is -0.610. The van der Waals surface area contributed by atoms with E-state index in [0.29, 0.717) is 0 Å². The Bertz CT molecular complexity index is 356. The van der Waals surface area contributed by atoms with Crippen LogP contribution in [0, 0.1) is 13.8 Å². The van der Waals surface area contributed by atoms with E-state index < -0.39 is 0 Å². The van der Waals surface area contributed by atoms with Crippen LogP contribution in [0.5, 0.6) is 5.75 Å². The van der Waals surface area contributed by atoms with E-state index in [-0.39, 0.29) is 0 Å². The number of alkyl halides is 1. The summed E-state index contributed by atoms with van der Waals surface area (Å²) in [6.07, 6.45) is 4.27. The van der Waals surface area contributed by atoms with Crippen molar-refractivity contribution in [1.82, 2.24) is 10.3 Å². The summed E-state index contributed by atoms with van der Waals surface area (Å²) in [5, 5.41) is 4.48. The molecule has 0 amide bonds. The van der Waals surface area contributed by atoms with E-state index in [0.717, 1.165) is 41.0 Å². The molecule has 17 heavy (non-hydrogen) atoms. The Kier molecular flexibility index (Phi) is 6.52. The molecule has 0 saturated heterocycles. The second-order valence-electron chi connectivity index (χ2n) is 4.12. The maximum absolute atomic E-state index is 5.39. The van der Waals surface area contributed by atoms with Gasteiger partial charge < -0.3 is 10.1 Å². The first-order valence-electron chi connectivity index (χ1n) is 5.96. The maximum atomic E-state index is 5.39. The van der Waals surface area contributed by atoms with E-state index in [1.807, 2.05) is 13.1 Å². The Balaban J connectivity index is 2.54. The number of unbranched alkanes of at least 4 members (excludes halogenated alkanes) is 1. The highest BCUT2D eigenvalue weighted by atomic mass is 79.9. The van der Waals surface area contributed by atoms with Gasteiger partial charge in [-0.2, -0.15) is 0 Å². The van der Waals surface area contributed by atoms with E-state index >= 15 is 0 Å². The molecule has 1 heterocycles. The quantitative estimate of drug-likeness (QED) is 0.621. The Morgan fingerprint density at radius 2 is 2.12 bits per heavy atom. The van der Waals surface area contributed by atoms with Crippen molar-refractivity contribution in [3.05, 3.63) is 23.0 Å². The van der Waals surface area contributed by atoms with Gasteiger partial charge >= 0.3 is 0 Å². The molecule has 1 rings (SSSR count). The van der Waals surface area contributed by atoms with Crippen LogP contribution in [0.25, 0.3) is 0 Å². The van der Waals surface area contributed by atoms with Gasteiger partial charge in [0, 0.05) is 29.2 Å². The number of aryl methyl sites for hydroxylation is 1. The third-order valence-electron chi connectivity index (χ3n) is 2.78. The molecule has 96 valence electrons. The van der Waals surface area contributed by atoms with Crippen LogP contribution in [0.1, 0.15) is 29.7 Å². The molecule has 1 aromatic heterocycles. The van der Waals surface area contributed by atoms with Crippen molar-refractivity contribution in [2.75, 3.05) is 19.0 Å². The molecule has 0 aromatic carbocycles. The van der Waals surface area contributed by atoms with Gasteiger partial charge in [0.1, 0.15) is 5.75 Å². The minimum absolute atomic E-state index is 0.810. The molecule has 1 N–H and O–H groups in total. The Labute approximate surface area is 112 Å². The maximum Gasteiger partial charge on any atom is 0.128 e. The van der Waals surface area contributed by atoms with Crippen LogP contribution in [-0.4, -0.2) is 24.0 Å². The number of rotatable bonds is 7. The zero-order valence-corrected chi connectivity index (χ0v) is 12.4. The number of ether oxygens (including phenoxy) is 1. The van der Waals surface area contributed by atoms with E-state index in [4.69, 9.17) is 4.74 Å². The molecule has 1 aromatic rings. The molecule has 0 spiro atoms. The summed E-state index contributed by atoms with van der Waals surface area (Å²) in [5.41, 5.74) is 3.31. The Morgan fingerprint density at radius 3 is 2.76 bits per heavy atom. The number of nitrogens with zero attached hydrogens (tertiary/aromatic N) is 1. The molecule has 0 atom stereocenters. The largest absolute Gasteiger partial charge is 0.496 e. The summed E-state index contributed by atoms with van der Waals surface area (Å²) in [6, 6.07) is 0. The highest BCUT2D eigenvalue weighted by molar-refractivity contribution is 9.09. The summed E-state index contributed by atoms with van der Waals surface area (Å²) in [7, 11) is 1.71. The van der Waals surface area contributed by atoms with Crippen LogP contribution < -0.4 is 10.1 Å². The average Bonchev–Trinajstić information content (AvgIpc) is 2.32. The first-order valence-corrected chi connectivity index (χ1v) is 7.08. The number of hydrogen-bond donors (Lipinski definition) is 1. The number of pyridine rings is 1. The summed E-state index contributed by atoms with van der Waals surface area (Å²) in [6.45, 7) is 5.92. The predicted molar refractivity (Wildman–Crippen MR) is 75.0 cm³/mol. The molecule has 0 radical (unpaired) electrons. The fourth-order valence-corrected chi connectivity index (χ4v) is 2.20. The first kappa shape index (κ1) is 14.5. The van der Waals surface area contributed by atoms with Gasteiger partial charge in [0.2, 0.25) is 0 Å². The van der Waals surface area contributed by atoms with E-state index in [9.17, 15) is 0 Å². The highest BCUT2D eigenvalue weighted by Gasteiger charge is 2.08. The molecule has 3 nitrogen and oxygen atoms in total. The van der Waals surface area contributed by atoms with Crippen molar-refractivity contribution in [3.8, 4) is 5.75 Å². The third-order valence-corrected chi connectivity index (χ3v) is 3.34. The van der Waals surface area contributed by atoms with Gasteiger partial charge in [-0.3, -0.25) is 4.98 Å². The van der Waals surface area contributed by atoms with Gasteiger partial charge in [-0.15, -0.1) is 0 Å². The number of methoxy groups -OCH3 is 1.